The Kier molecular flexibility index (Phi) is 4.69. The minimum atomic E-state index is -3.34. The Morgan fingerprint density at radius 3 is 2.38 bits per heavy atom. The minimum Gasteiger partial charge on any atom is -0.324 e. The maximum atomic E-state index is 13.1. The van der Waals surface area contributed by atoms with Gasteiger partial charge in [0, 0.05) is 6.26 Å². The Bertz CT molecular complexity index is 731. The monoisotopic (exact) mass is 350 g/mol. The first-order valence-electron chi connectivity index (χ1n) is 8.81. The summed E-state index contributed by atoms with van der Waals surface area (Å²) in [5.41, 5.74) is 0.922. The molecule has 24 heavy (non-hydrogen) atoms. The topological polar surface area (TPSA) is 76.1 Å². The number of nitrogens with zero attached hydrogens (tertiary/aromatic N) is 1. The summed E-state index contributed by atoms with van der Waals surface area (Å²) in [6, 6.07) is 1.71. The molecule has 2 saturated carbocycles. The van der Waals surface area contributed by atoms with Gasteiger partial charge in [-0.1, -0.05) is 25.7 Å². The van der Waals surface area contributed by atoms with E-state index in [1.807, 2.05) is 0 Å². The third-order valence-electron chi connectivity index (χ3n) is 5.72. The fraction of sp³-hybridized carbons (Fsp3) is 0.667. The minimum absolute atomic E-state index is 0.0758. The lowest BCUT2D eigenvalue weighted by atomic mass is 9.59. The third kappa shape index (κ3) is 3.21. The predicted octanol–water partition coefficient (Wildman–Crippen LogP) is 3.48. The molecule has 0 radical (unpaired) electrons. The molecule has 0 aliphatic heterocycles. The van der Waals surface area contributed by atoms with Crippen LogP contribution < -0.4 is 5.32 Å². The summed E-state index contributed by atoms with van der Waals surface area (Å²) in [5.74, 6) is 0.588. The summed E-state index contributed by atoms with van der Waals surface area (Å²) < 4.78 is 23.3. The molecule has 0 bridgehead atoms. The van der Waals surface area contributed by atoms with Gasteiger partial charge in [-0.25, -0.2) is 13.4 Å². The van der Waals surface area contributed by atoms with E-state index in [9.17, 15) is 13.2 Å². The number of hydrogen-bond donors (Lipinski definition) is 1. The van der Waals surface area contributed by atoms with Crippen molar-refractivity contribution in [2.24, 2.45) is 11.3 Å². The van der Waals surface area contributed by atoms with Gasteiger partial charge >= 0.3 is 0 Å². The summed E-state index contributed by atoms with van der Waals surface area (Å²) in [4.78, 5) is 17.1. The number of pyridine rings is 1. The molecule has 1 amide bonds. The van der Waals surface area contributed by atoms with E-state index < -0.39 is 9.84 Å². The van der Waals surface area contributed by atoms with E-state index in [4.69, 9.17) is 0 Å². The molecular weight excluding hydrogens is 324 g/mol. The van der Waals surface area contributed by atoms with E-state index in [0.29, 0.717) is 17.2 Å². The van der Waals surface area contributed by atoms with E-state index in [0.717, 1.165) is 44.8 Å². The second kappa shape index (κ2) is 6.47. The Labute approximate surface area is 144 Å². The van der Waals surface area contributed by atoms with Crippen LogP contribution in [0.5, 0.6) is 0 Å². The fourth-order valence-corrected chi connectivity index (χ4v) is 5.47. The standard InChI is InChI=1S/C18H26N2O3S/c1-13-11-15(12-19-16(13)24(2,22)23)20-17(21)18-9-5-3-7-14(18)8-4-6-10-18/h11-12,14H,3-10H2,1-2H3,(H,20,21). The molecule has 5 nitrogen and oxygen atoms in total. The lowest BCUT2D eigenvalue weighted by Gasteiger charge is -2.46. The molecule has 6 heteroatoms. The lowest BCUT2D eigenvalue weighted by molar-refractivity contribution is -0.133. The second-order valence-corrected chi connectivity index (χ2v) is 9.35. The van der Waals surface area contributed by atoms with Crippen LogP contribution in [0.15, 0.2) is 17.3 Å². The van der Waals surface area contributed by atoms with Crippen LogP contribution in [0.4, 0.5) is 5.69 Å². The number of hydrogen-bond acceptors (Lipinski definition) is 4. The number of aromatic nitrogens is 1. The zero-order valence-electron chi connectivity index (χ0n) is 14.5. The van der Waals surface area contributed by atoms with Gasteiger partial charge in [-0.05, 0) is 50.2 Å². The molecule has 1 N–H and O–H groups in total. The highest BCUT2D eigenvalue weighted by Gasteiger charge is 2.47. The van der Waals surface area contributed by atoms with E-state index in [1.54, 1.807) is 13.0 Å². The van der Waals surface area contributed by atoms with Gasteiger partial charge in [0.15, 0.2) is 14.9 Å². The van der Waals surface area contributed by atoms with Crippen molar-refractivity contribution in [1.29, 1.82) is 0 Å². The van der Waals surface area contributed by atoms with Gasteiger partial charge in [-0.3, -0.25) is 4.79 Å². The van der Waals surface area contributed by atoms with E-state index >= 15 is 0 Å². The third-order valence-corrected chi connectivity index (χ3v) is 6.85. The summed E-state index contributed by atoms with van der Waals surface area (Å²) in [5, 5.41) is 3.10. The van der Waals surface area contributed by atoms with E-state index in [-0.39, 0.29) is 16.3 Å². The number of aryl methyl sites for hydroxylation is 1. The van der Waals surface area contributed by atoms with Gasteiger partial charge in [-0.15, -0.1) is 0 Å². The van der Waals surface area contributed by atoms with Crippen molar-refractivity contribution < 1.29 is 13.2 Å². The van der Waals surface area contributed by atoms with E-state index in [1.165, 1.54) is 19.0 Å². The number of carbonyl (C=O) groups is 1. The molecule has 0 saturated heterocycles. The summed E-state index contributed by atoms with van der Waals surface area (Å²) in [6.07, 6.45) is 11.5. The highest BCUT2D eigenvalue weighted by Crippen LogP contribution is 2.51. The molecule has 2 aliphatic rings. The van der Waals surface area contributed by atoms with Gasteiger partial charge in [0.1, 0.15) is 0 Å². The zero-order chi connectivity index (χ0) is 17.4. The number of fused-ring (bicyclic) bond motifs is 1. The van der Waals surface area contributed by atoms with Crippen LogP contribution in [0.1, 0.15) is 56.9 Å². The number of rotatable bonds is 3. The Morgan fingerprint density at radius 1 is 1.21 bits per heavy atom. The number of amides is 1. The Balaban J connectivity index is 1.82. The van der Waals surface area contributed by atoms with Gasteiger partial charge < -0.3 is 5.32 Å². The maximum Gasteiger partial charge on any atom is 0.230 e. The maximum absolute atomic E-state index is 13.1. The van der Waals surface area contributed by atoms with Gasteiger partial charge in [0.05, 0.1) is 17.3 Å². The summed E-state index contributed by atoms with van der Waals surface area (Å²) in [6.45, 7) is 1.71. The Hall–Kier alpha value is -1.43. The van der Waals surface area contributed by atoms with Crippen molar-refractivity contribution in [2.75, 3.05) is 11.6 Å². The Morgan fingerprint density at radius 2 is 1.83 bits per heavy atom. The first kappa shape index (κ1) is 17.4. The van der Waals surface area contributed by atoms with Crippen LogP contribution in [-0.4, -0.2) is 25.6 Å². The van der Waals surface area contributed by atoms with Crippen molar-refractivity contribution in [2.45, 2.75) is 63.3 Å². The molecule has 1 heterocycles. The van der Waals surface area contributed by atoms with Gasteiger partial charge in [-0.2, -0.15) is 0 Å². The molecule has 2 aliphatic carbocycles. The predicted molar refractivity (Wildman–Crippen MR) is 93.6 cm³/mol. The first-order chi connectivity index (χ1) is 11.3. The number of sulfone groups is 1. The molecule has 0 aromatic carbocycles. The molecule has 1 aromatic heterocycles. The van der Waals surface area contributed by atoms with Crippen molar-refractivity contribution in [3.05, 3.63) is 17.8 Å². The number of nitrogens with one attached hydrogen (secondary N) is 1. The van der Waals surface area contributed by atoms with Crippen LogP contribution in [0.25, 0.3) is 0 Å². The van der Waals surface area contributed by atoms with Crippen molar-refractivity contribution in [3.63, 3.8) is 0 Å². The summed E-state index contributed by atoms with van der Waals surface area (Å²) in [7, 11) is -3.34. The zero-order valence-corrected chi connectivity index (χ0v) is 15.3. The van der Waals surface area contributed by atoms with Crippen molar-refractivity contribution in [3.8, 4) is 0 Å². The van der Waals surface area contributed by atoms with Crippen LogP contribution in [0.3, 0.4) is 0 Å². The molecule has 0 atom stereocenters. The van der Waals surface area contributed by atoms with Crippen LogP contribution in [0, 0.1) is 18.3 Å². The molecule has 3 rings (SSSR count). The highest BCUT2D eigenvalue weighted by molar-refractivity contribution is 7.90. The van der Waals surface area contributed by atoms with Crippen molar-refractivity contribution in [1.82, 2.24) is 4.98 Å². The van der Waals surface area contributed by atoms with Crippen LogP contribution in [-0.2, 0) is 14.6 Å². The molecule has 132 valence electrons. The number of anilines is 1. The van der Waals surface area contributed by atoms with Crippen molar-refractivity contribution >= 4 is 21.4 Å². The first-order valence-corrected chi connectivity index (χ1v) is 10.7. The molecule has 1 aromatic rings. The quantitative estimate of drug-likeness (QED) is 0.905. The van der Waals surface area contributed by atoms with Gasteiger partial charge in [0.2, 0.25) is 5.91 Å². The molecule has 0 spiro atoms. The average Bonchev–Trinajstić information content (AvgIpc) is 2.53. The van der Waals surface area contributed by atoms with E-state index in [2.05, 4.69) is 10.3 Å². The largest absolute Gasteiger partial charge is 0.324 e. The SMILES string of the molecule is Cc1cc(NC(=O)C23CCCCC2CCCC3)cnc1S(C)(=O)=O. The normalized spacial score (nSPS) is 27.3. The van der Waals surface area contributed by atoms with Crippen LogP contribution >= 0.6 is 0 Å². The molecule has 2 fully saturated rings. The second-order valence-electron chi connectivity index (χ2n) is 7.42. The molecule has 0 unspecified atom stereocenters. The average molecular weight is 350 g/mol. The van der Waals surface area contributed by atoms with Crippen LogP contribution in [0.2, 0.25) is 0 Å². The smallest absolute Gasteiger partial charge is 0.230 e. The summed E-state index contributed by atoms with van der Waals surface area (Å²) >= 11 is 0. The lowest BCUT2D eigenvalue weighted by Crippen LogP contribution is -2.46. The molecular formula is C18H26N2O3S. The van der Waals surface area contributed by atoms with Gasteiger partial charge in [0.25, 0.3) is 0 Å². The highest BCUT2D eigenvalue weighted by atomic mass is 32.2. The fourth-order valence-electron chi connectivity index (χ4n) is 4.58. The number of carbonyl (C=O) groups excluding carboxylic acids is 1.